The number of rotatable bonds is 6. The number of piperidine rings is 1. The Balaban J connectivity index is 1.52. The molecule has 1 heterocycles. The molecule has 1 saturated carbocycles. The van der Waals surface area contributed by atoms with Crippen molar-refractivity contribution in [3.63, 3.8) is 0 Å². The van der Waals surface area contributed by atoms with Crippen LogP contribution in [0.15, 0.2) is 0 Å². The lowest BCUT2D eigenvalue weighted by atomic mass is 9.96. The Hall–Kier alpha value is -0.0800. The highest BCUT2D eigenvalue weighted by molar-refractivity contribution is 4.72. The first kappa shape index (κ1) is 13.4. The number of nitrogens with one attached hydrogen (secondary N) is 1. The van der Waals surface area contributed by atoms with Crippen molar-refractivity contribution in [2.24, 2.45) is 11.8 Å². The summed E-state index contributed by atoms with van der Waals surface area (Å²) in [5.41, 5.74) is 0. The van der Waals surface area contributed by atoms with E-state index in [0.29, 0.717) is 0 Å². The van der Waals surface area contributed by atoms with Crippen molar-refractivity contribution in [1.82, 2.24) is 10.2 Å². The second kappa shape index (κ2) is 7.38. The lowest BCUT2D eigenvalue weighted by Crippen LogP contribution is -2.32. The van der Waals surface area contributed by atoms with Gasteiger partial charge >= 0.3 is 0 Å². The highest BCUT2D eigenvalue weighted by Crippen LogP contribution is 2.27. The normalized spacial score (nSPS) is 26.8. The van der Waals surface area contributed by atoms with E-state index in [2.05, 4.69) is 17.3 Å². The van der Waals surface area contributed by atoms with Gasteiger partial charge in [0.1, 0.15) is 0 Å². The average molecular weight is 238 g/mol. The van der Waals surface area contributed by atoms with Crippen LogP contribution in [0.4, 0.5) is 0 Å². The maximum absolute atomic E-state index is 3.52. The van der Waals surface area contributed by atoms with Gasteiger partial charge in [-0.15, -0.1) is 0 Å². The summed E-state index contributed by atoms with van der Waals surface area (Å²) in [7, 11) is 2.31. The summed E-state index contributed by atoms with van der Waals surface area (Å²) in [5, 5.41) is 3.52. The van der Waals surface area contributed by atoms with Crippen LogP contribution in [0.2, 0.25) is 0 Å². The predicted molar refractivity (Wildman–Crippen MR) is 74.3 cm³/mol. The van der Waals surface area contributed by atoms with Gasteiger partial charge in [-0.1, -0.05) is 25.7 Å². The molecule has 2 heteroatoms. The second-order valence-corrected chi connectivity index (χ2v) is 6.24. The molecule has 0 spiro atoms. The second-order valence-electron chi connectivity index (χ2n) is 6.24. The van der Waals surface area contributed by atoms with Crippen LogP contribution in [0.1, 0.15) is 51.4 Å². The van der Waals surface area contributed by atoms with E-state index in [1.807, 2.05) is 0 Å². The third-order valence-corrected chi connectivity index (χ3v) is 4.71. The molecule has 1 saturated heterocycles. The third kappa shape index (κ3) is 4.97. The summed E-state index contributed by atoms with van der Waals surface area (Å²) in [6.45, 7) is 5.13. The highest BCUT2D eigenvalue weighted by Gasteiger charge is 2.16. The molecule has 0 bridgehead atoms. The van der Waals surface area contributed by atoms with E-state index < -0.39 is 0 Å². The largest absolute Gasteiger partial charge is 0.316 e. The van der Waals surface area contributed by atoms with Gasteiger partial charge in [0.2, 0.25) is 0 Å². The van der Waals surface area contributed by atoms with Gasteiger partial charge in [-0.25, -0.2) is 0 Å². The molecular formula is C15H30N2. The van der Waals surface area contributed by atoms with Crippen LogP contribution in [-0.2, 0) is 0 Å². The summed E-state index contributed by atoms with van der Waals surface area (Å²) >= 11 is 0. The predicted octanol–water partition coefficient (Wildman–Crippen LogP) is 2.89. The smallest absolute Gasteiger partial charge is 0.00187 e. The van der Waals surface area contributed by atoms with E-state index >= 15 is 0 Å². The monoisotopic (exact) mass is 238 g/mol. The molecule has 1 aliphatic heterocycles. The molecule has 2 nitrogen and oxygen atoms in total. The molecule has 1 N–H and O–H groups in total. The van der Waals surface area contributed by atoms with Crippen molar-refractivity contribution in [3.05, 3.63) is 0 Å². The molecule has 2 fully saturated rings. The molecule has 0 aromatic heterocycles. The van der Waals surface area contributed by atoms with E-state index in [9.17, 15) is 0 Å². The summed E-state index contributed by atoms with van der Waals surface area (Å²) in [6.07, 6.45) is 11.7. The Morgan fingerprint density at radius 2 is 1.59 bits per heavy atom. The zero-order chi connectivity index (χ0) is 11.9. The average Bonchev–Trinajstić information content (AvgIpc) is 2.88. The SMILES string of the molecule is CN(CCC1CCCC1)CCC1CCCNC1. The Bertz CT molecular complexity index is 193. The zero-order valence-corrected chi connectivity index (χ0v) is 11.6. The van der Waals surface area contributed by atoms with E-state index in [0.717, 1.165) is 11.8 Å². The van der Waals surface area contributed by atoms with Gasteiger partial charge < -0.3 is 10.2 Å². The summed E-state index contributed by atoms with van der Waals surface area (Å²) in [4.78, 5) is 2.56. The molecule has 100 valence electrons. The van der Waals surface area contributed by atoms with E-state index in [1.165, 1.54) is 77.5 Å². The first-order chi connectivity index (χ1) is 8.34. The molecule has 0 aromatic carbocycles. The molecule has 1 aliphatic carbocycles. The first-order valence-corrected chi connectivity index (χ1v) is 7.74. The quantitative estimate of drug-likeness (QED) is 0.765. The van der Waals surface area contributed by atoms with Gasteiger partial charge in [0.05, 0.1) is 0 Å². The number of hydrogen-bond donors (Lipinski definition) is 1. The van der Waals surface area contributed by atoms with E-state index in [-0.39, 0.29) is 0 Å². The van der Waals surface area contributed by atoms with Crippen molar-refractivity contribution in [2.75, 3.05) is 33.2 Å². The van der Waals surface area contributed by atoms with Gasteiger partial charge in [0.25, 0.3) is 0 Å². The molecule has 17 heavy (non-hydrogen) atoms. The zero-order valence-electron chi connectivity index (χ0n) is 11.6. The van der Waals surface area contributed by atoms with Crippen molar-refractivity contribution < 1.29 is 0 Å². The van der Waals surface area contributed by atoms with Crippen LogP contribution in [0.25, 0.3) is 0 Å². The van der Waals surface area contributed by atoms with Gasteiger partial charge in [-0.05, 0) is 70.7 Å². The number of nitrogens with zero attached hydrogens (tertiary/aromatic N) is 1. The molecule has 1 unspecified atom stereocenters. The third-order valence-electron chi connectivity index (χ3n) is 4.71. The van der Waals surface area contributed by atoms with Gasteiger partial charge in [0, 0.05) is 0 Å². The first-order valence-electron chi connectivity index (χ1n) is 7.74. The fourth-order valence-electron chi connectivity index (χ4n) is 3.39. The van der Waals surface area contributed by atoms with Crippen molar-refractivity contribution in [1.29, 1.82) is 0 Å². The van der Waals surface area contributed by atoms with Gasteiger partial charge in [-0.3, -0.25) is 0 Å². The Morgan fingerprint density at radius 3 is 2.24 bits per heavy atom. The number of hydrogen-bond acceptors (Lipinski definition) is 2. The minimum Gasteiger partial charge on any atom is -0.316 e. The van der Waals surface area contributed by atoms with Crippen molar-refractivity contribution in [2.45, 2.75) is 51.4 Å². The van der Waals surface area contributed by atoms with Crippen LogP contribution in [0.5, 0.6) is 0 Å². The van der Waals surface area contributed by atoms with Gasteiger partial charge in [-0.2, -0.15) is 0 Å². The Kier molecular flexibility index (Phi) is 5.79. The van der Waals surface area contributed by atoms with Crippen molar-refractivity contribution in [3.8, 4) is 0 Å². The van der Waals surface area contributed by atoms with Crippen LogP contribution < -0.4 is 5.32 Å². The molecule has 2 rings (SSSR count). The van der Waals surface area contributed by atoms with Crippen molar-refractivity contribution >= 4 is 0 Å². The standard InChI is InChI=1S/C15H30N2/c1-17(11-8-14-5-2-3-6-14)12-9-15-7-4-10-16-13-15/h14-16H,2-13H2,1H3. The summed E-state index contributed by atoms with van der Waals surface area (Å²) < 4.78 is 0. The molecule has 2 aliphatic rings. The minimum absolute atomic E-state index is 0.942. The Labute approximate surface area is 107 Å². The lowest BCUT2D eigenvalue weighted by molar-refractivity contribution is 0.258. The maximum Gasteiger partial charge on any atom is -0.00187 e. The molecule has 0 amide bonds. The summed E-state index contributed by atoms with van der Waals surface area (Å²) in [5.74, 6) is 1.99. The highest BCUT2D eigenvalue weighted by atomic mass is 15.1. The van der Waals surface area contributed by atoms with E-state index in [4.69, 9.17) is 0 Å². The van der Waals surface area contributed by atoms with Crippen LogP contribution >= 0.6 is 0 Å². The summed E-state index contributed by atoms with van der Waals surface area (Å²) in [6, 6.07) is 0. The minimum atomic E-state index is 0.942. The fourth-order valence-corrected chi connectivity index (χ4v) is 3.39. The molecule has 1 atom stereocenters. The topological polar surface area (TPSA) is 15.3 Å². The van der Waals surface area contributed by atoms with Crippen LogP contribution in [0.3, 0.4) is 0 Å². The molecule has 0 radical (unpaired) electrons. The lowest BCUT2D eigenvalue weighted by Gasteiger charge is -2.25. The maximum atomic E-state index is 3.52. The van der Waals surface area contributed by atoms with Crippen LogP contribution in [-0.4, -0.2) is 38.1 Å². The van der Waals surface area contributed by atoms with Crippen LogP contribution in [0, 0.1) is 11.8 Å². The molecular weight excluding hydrogens is 208 g/mol. The van der Waals surface area contributed by atoms with E-state index in [1.54, 1.807) is 0 Å². The van der Waals surface area contributed by atoms with Gasteiger partial charge in [0.15, 0.2) is 0 Å². The Morgan fingerprint density at radius 1 is 0.941 bits per heavy atom. The fraction of sp³-hybridized carbons (Fsp3) is 1.00. The molecule has 0 aromatic rings.